The molecule has 1 aromatic carbocycles. The number of esters is 1. The van der Waals surface area contributed by atoms with Crippen LogP contribution < -0.4 is 5.32 Å². The first-order chi connectivity index (χ1) is 17.4. The second-order valence-electron chi connectivity index (χ2n) is 11.0. The highest BCUT2D eigenvalue weighted by atomic mass is 16.5. The molecule has 5 unspecified atom stereocenters. The van der Waals surface area contributed by atoms with E-state index in [1.807, 2.05) is 37.3 Å². The van der Waals surface area contributed by atoms with Gasteiger partial charge in [0.05, 0.1) is 6.10 Å². The summed E-state index contributed by atoms with van der Waals surface area (Å²) in [4.78, 5) is 39.5. The summed E-state index contributed by atoms with van der Waals surface area (Å²) in [6.07, 6.45) is 5.01. The Labute approximate surface area is 218 Å². The number of nitrogens with one attached hydrogen (secondary N) is 1. The van der Waals surface area contributed by atoms with Crippen LogP contribution in [0.2, 0.25) is 0 Å². The lowest BCUT2D eigenvalue weighted by Crippen LogP contribution is -2.60. The summed E-state index contributed by atoms with van der Waals surface area (Å²) < 4.78 is 5.81. The van der Waals surface area contributed by atoms with Crippen LogP contribution in [-0.2, 0) is 25.5 Å². The predicted molar refractivity (Wildman–Crippen MR) is 139 cm³/mol. The second-order valence-corrected chi connectivity index (χ2v) is 11.0. The van der Waals surface area contributed by atoms with E-state index in [-0.39, 0.29) is 23.7 Å². The van der Waals surface area contributed by atoms with Crippen LogP contribution in [0.25, 0.3) is 0 Å². The number of allylic oxidation sites excluding steroid dienone is 1. The number of aliphatic hydroxyl groups excluding tert-OH is 1. The van der Waals surface area contributed by atoms with E-state index in [0.717, 1.165) is 5.56 Å². The number of Topliss-reactive ketones (excluding diaryl/α,β-unsaturated/α-hetero) is 1. The van der Waals surface area contributed by atoms with Gasteiger partial charge < -0.3 is 20.3 Å². The maximum absolute atomic E-state index is 14.2. The average Bonchev–Trinajstić information content (AvgIpc) is 3.13. The van der Waals surface area contributed by atoms with Gasteiger partial charge in [-0.1, -0.05) is 62.9 Å². The van der Waals surface area contributed by atoms with E-state index >= 15 is 0 Å². The number of carbonyl (C=O) groups excluding carboxylic acids is 3. The van der Waals surface area contributed by atoms with Gasteiger partial charge in [-0.2, -0.15) is 0 Å². The molecule has 2 fully saturated rings. The minimum absolute atomic E-state index is 0.287. The molecule has 7 heteroatoms. The SMILES string of the molecule is C=C1C(C)[C@@H]2C(Cc3ccccc3)NC(=O)[C@]23C(OC(C)=O)C=C[C@@](C)(O)C(=O)C(C)CC=C[C@@H]3C1O. The van der Waals surface area contributed by atoms with Gasteiger partial charge in [0.15, 0.2) is 5.78 Å². The van der Waals surface area contributed by atoms with Gasteiger partial charge in [-0.05, 0) is 49.0 Å². The van der Waals surface area contributed by atoms with Crippen molar-refractivity contribution in [1.29, 1.82) is 0 Å². The highest BCUT2D eigenvalue weighted by Crippen LogP contribution is 2.58. The third kappa shape index (κ3) is 4.59. The largest absolute Gasteiger partial charge is 0.457 e. The molecule has 3 aliphatic rings. The van der Waals surface area contributed by atoms with Crippen molar-refractivity contribution < 1.29 is 29.3 Å². The van der Waals surface area contributed by atoms with E-state index in [1.54, 1.807) is 19.1 Å². The highest BCUT2D eigenvalue weighted by Gasteiger charge is 2.68. The molecule has 1 aromatic rings. The van der Waals surface area contributed by atoms with Crippen molar-refractivity contribution in [2.45, 2.75) is 64.4 Å². The van der Waals surface area contributed by atoms with Gasteiger partial charge in [-0.3, -0.25) is 14.4 Å². The summed E-state index contributed by atoms with van der Waals surface area (Å²) in [6, 6.07) is 9.49. The molecule has 0 aromatic heterocycles. The lowest BCUT2D eigenvalue weighted by atomic mass is 9.51. The average molecular weight is 508 g/mol. The van der Waals surface area contributed by atoms with Crippen molar-refractivity contribution in [3.8, 4) is 0 Å². The molecule has 37 heavy (non-hydrogen) atoms. The van der Waals surface area contributed by atoms with E-state index in [9.17, 15) is 24.6 Å². The Morgan fingerprint density at radius 3 is 2.51 bits per heavy atom. The van der Waals surface area contributed by atoms with Crippen LogP contribution >= 0.6 is 0 Å². The number of carbonyl (C=O) groups is 3. The fourth-order valence-corrected chi connectivity index (χ4v) is 6.68. The van der Waals surface area contributed by atoms with Crippen molar-refractivity contribution in [1.82, 2.24) is 5.32 Å². The molecular weight excluding hydrogens is 470 g/mol. The third-order valence-electron chi connectivity index (χ3n) is 8.53. The van der Waals surface area contributed by atoms with Crippen molar-refractivity contribution in [2.75, 3.05) is 0 Å². The van der Waals surface area contributed by atoms with Crippen LogP contribution in [-0.4, -0.2) is 51.7 Å². The Morgan fingerprint density at radius 1 is 1.19 bits per heavy atom. The Bertz CT molecular complexity index is 1140. The Balaban J connectivity index is 1.94. The monoisotopic (exact) mass is 507 g/mol. The number of ketones is 1. The fraction of sp³-hybridized carbons (Fsp3) is 0.500. The number of amides is 1. The highest BCUT2D eigenvalue weighted by molar-refractivity contribution is 5.91. The van der Waals surface area contributed by atoms with Crippen molar-refractivity contribution in [3.63, 3.8) is 0 Å². The summed E-state index contributed by atoms with van der Waals surface area (Å²) in [5.41, 5.74) is -1.55. The first kappa shape index (κ1) is 27.0. The maximum Gasteiger partial charge on any atom is 0.303 e. The van der Waals surface area contributed by atoms with E-state index in [2.05, 4.69) is 11.9 Å². The minimum Gasteiger partial charge on any atom is -0.457 e. The Morgan fingerprint density at radius 2 is 1.86 bits per heavy atom. The maximum atomic E-state index is 14.2. The molecule has 1 spiro atoms. The number of benzene rings is 1. The zero-order valence-corrected chi connectivity index (χ0v) is 21.9. The van der Waals surface area contributed by atoms with Gasteiger partial charge in [-0.15, -0.1) is 0 Å². The van der Waals surface area contributed by atoms with Crippen LogP contribution in [0.1, 0.15) is 39.7 Å². The van der Waals surface area contributed by atoms with Crippen LogP contribution in [0.5, 0.6) is 0 Å². The smallest absolute Gasteiger partial charge is 0.303 e. The minimum atomic E-state index is -1.82. The summed E-state index contributed by atoms with van der Waals surface area (Å²) in [7, 11) is 0. The Kier molecular flexibility index (Phi) is 7.32. The first-order valence-corrected chi connectivity index (χ1v) is 12.9. The van der Waals surface area contributed by atoms with Crippen LogP contribution in [0.15, 0.2) is 66.8 Å². The molecule has 7 nitrogen and oxygen atoms in total. The van der Waals surface area contributed by atoms with E-state index in [0.29, 0.717) is 18.4 Å². The standard InChI is InChI=1S/C30H37NO6/c1-17-10-9-13-22-26(33)19(3)18(2)25-23(16-21-11-7-6-8-12-21)31-28(35)30(22,25)24(37-20(4)32)14-15-29(5,36)27(17)34/h6-9,11-15,17-18,22-26,33,36H,3,10,16H2,1-2,4-5H3,(H,31,35)/t17?,18?,22-,23?,24?,25-,26?,29-,30-/m1/s1. The van der Waals surface area contributed by atoms with E-state index in [1.165, 1.54) is 26.0 Å². The van der Waals surface area contributed by atoms with Gasteiger partial charge in [0.1, 0.15) is 17.1 Å². The third-order valence-corrected chi connectivity index (χ3v) is 8.53. The number of rotatable bonds is 3. The molecule has 1 heterocycles. The molecule has 1 saturated heterocycles. The quantitative estimate of drug-likeness (QED) is 0.428. The molecule has 0 bridgehead atoms. The van der Waals surface area contributed by atoms with Crippen molar-refractivity contribution in [3.05, 3.63) is 72.4 Å². The van der Waals surface area contributed by atoms with Gasteiger partial charge in [0, 0.05) is 30.7 Å². The van der Waals surface area contributed by atoms with Crippen LogP contribution in [0.4, 0.5) is 0 Å². The number of ether oxygens (including phenoxy) is 1. The van der Waals surface area contributed by atoms with Gasteiger partial charge in [-0.25, -0.2) is 0 Å². The number of aliphatic hydroxyl groups is 2. The summed E-state index contributed by atoms with van der Waals surface area (Å²) in [6.45, 7) is 10.5. The topological polar surface area (TPSA) is 113 Å². The normalized spacial score (nSPS) is 39.8. The molecule has 0 radical (unpaired) electrons. The van der Waals surface area contributed by atoms with Crippen LogP contribution in [0, 0.1) is 29.1 Å². The zero-order valence-electron chi connectivity index (χ0n) is 21.9. The molecule has 3 N–H and O–H groups in total. The molecule has 1 saturated carbocycles. The van der Waals surface area contributed by atoms with Gasteiger partial charge >= 0.3 is 5.97 Å². The number of hydrogen-bond acceptors (Lipinski definition) is 6. The molecule has 2 aliphatic carbocycles. The molecule has 9 atom stereocenters. The summed E-state index contributed by atoms with van der Waals surface area (Å²) in [5.74, 6) is -3.26. The van der Waals surface area contributed by atoms with Gasteiger partial charge in [0.2, 0.25) is 5.91 Å². The lowest BCUT2D eigenvalue weighted by Gasteiger charge is -2.52. The summed E-state index contributed by atoms with van der Waals surface area (Å²) >= 11 is 0. The first-order valence-electron chi connectivity index (χ1n) is 12.9. The molecule has 1 amide bonds. The molecule has 198 valence electrons. The fourth-order valence-electron chi connectivity index (χ4n) is 6.68. The van der Waals surface area contributed by atoms with Crippen LogP contribution in [0.3, 0.4) is 0 Å². The molecule has 4 rings (SSSR count). The zero-order chi connectivity index (χ0) is 27.1. The second kappa shape index (κ2) is 10.0. The molecular formula is C30H37NO6. The van der Waals surface area contributed by atoms with Gasteiger partial charge in [0.25, 0.3) is 0 Å². The lowest BCUT2D eigenvalue weighted by molar-refractivity contribution is -0.166. The van der Waals surface area contributed by atoms with Crippen molar-refractivity contribution in [2.24, 2.45) is 29.1 Å². The molecule has 1 aliphatic heterocycles. The van der Waals surface area contributed by atoms with E-state index in [4.69, 9.17) is 4.74 Å². The van der Waals surface area contributed by atoms with E-state index < -0.39 is 46.9 Å². The predicted octanol–water partition coefficient (Wildman–Crippen LogP) is 2.92. The number of hydrogen-bond donors (Lipinski definition) is 3. The Hall–Kier alpha value is -3.03. The van der Waals surface area contributed by atoms with Crippen molar-refractivity contribution >= 4 is 17.7 Å². The summed E-state index contributed by atoms with van der Waals surface area (Å²) in [5, 5.41) is 25.7.